The molecule has 0 fully saturated rings. The molecule has 0 aliphatic rings. The number of hydrogen-bond acceptors (Lipinski definition) is 5. The molecule has 0 saturated carbocycles. The van der Waals surface area contributed by atoms with Gasteiger partial charge in [-0.05, 0) is 55.3 Å². The van der Waals surface area contributed by atoms with E-state index in [1.54, 1.807) is 6.07 Å². The van der Waals surface area contributed by atoms with Crippen LogP contribution in [-0.4, -0.2) is 26.4 Å². The molecule has 1 N–H and O–H groups in total. The van der Waals surface area contributed by atoms with Crippen LogP contribution in [-0.2, 0) is 11.4 Å². The van der Waals surface area contributed by atoms with Crippen LogP contribution in [0.2, 0.25) is 5.02 Å². The van der Waals surface area contributed by atoms with Crippen molar-refractivity contribution >= 4 is 35.0 Å². The number of hydrogen-bond donors (Lipinski definition) is 1. The first-order valence-corrected chi connectivity index (χ1v) is 11.7. The molecule has 0 unspecified atom stereocenters. The Morgan fingerprint density at radius 2 is 1.79 bits per heavy atom. The van der Waals surface area contributed by atoms with Gasteiger partial charge in [0.25, 0.3) is 0 Å². The lowest BCUT2D eigenvalue weighted by Gasteiger charge is -2.12. The number of benzene rings is 3. The zero-order valence-electron chi connectivity index (χ0n) is 18.3. The average Bonchev–Trinajstić information content (AvgIpc) is 3.22. The lowest BCUT2D eigenvalue weighted by Crippen LogP contribution is -2.15. The van der Waals surface area contributed by atoms with Crippen molar-refractivity contribution in [2.45, 2.75) is 25.6 Å². The van der Waals surface area contributed by atoms with Gasteiger partial charge in [0.2, 0.25) is 5.91 Å². The smallest absolute Gasteiger partial charge is 0.234 e. The summed E-state index contributed by atoms with van der Waals surface area (Å²) in [5.74, 6) is 1.43. The van der Waals surface area contributed by atoms with E-state index in [4.69, 9.17) is 16.3 Å². The highest BCUT2D eigenvalue weighted by molar-refractivity contribution is 7.99. The molecule has 1 heterocycles. The van der Waals surface area contributed by atoms with E-state index in [9.17, 15) is 4.79 Å². The first kappa shape index (κ1) is 22.9. The Morgan fingerprint density at radius 1 is 1.03 bits per heavy atom. The van der Waals surface area contributed by atoms with Gasteiger partial charge in [-0.25, -0.2) is 0 Å². The molecule has 0 aliphatic heterocycles. The van der Waals surface area contributed by atoms with E-state index < -0.39 is 0 Å². The summed E-state index contributed by atoms with van der Waals surface area (Å²) in [6, 6.07) is 23.1. The van der Waals surface area contributed by atoms with Crippen LogP contribution in [0, 0.1) is 13.8 Å². The maximum Gasteiger partial charge on any atom is 0.234 e. The van der Waals surface area contributed by atoms with E-state index in [1.165, 1.54) is 11.8 Å². The summed E-state index contributed by atoms with van der Waals surface area (Å²) in [5, 5.41) is 12.6. The van der Waals surface area contributed by atoms with Crippen LogP contribution in [0.1, 0.15) is 17.0 Å². The number of carbonyl (C=O) groups excluding carboxylic acids is 1. The Kier molecular flexibility index (Phi) is 7.32. The SMILES string of the molecule is Cc1ccc(NC(=O)CSc2nnc(COc3ccccc3C)n2-c2ccccc2)c(Cl)c1. The van der Waals surface area contributed by atoms with E-state index >= 15 is 0 Å². The molecule has 0 saturated heterocycles. The predicted octanol–water partition coefficient (Wildman–Crippen LogP) is 5.85. The van der Waals surface area contributed by atoms with Gasteiger partial charge in [-0.2, -0.15) is 0 Å². The monoisotopic (exact) mass is 478 g/mol. The number of carbonyl (C=O) groups is 1. The molecule has 0 spiro atoms. The zero-order valence-corrected chi connectivity index (χ0v) is 19.9. The Hall–Kier alpha value is -3.29. The largest absolute Gasteiger partial charge is 0.485 e. The second-order valence-corrected chi connectivity index (χ2v) is 8.79. The van der Waals surface area contributed by atoms with Crippen LogP contribution < -0.4 is 10.1 Å². The molecule has 4 rings (SSSR count). The summed E-state index contributed by atoms with van der Waals surface area (Å²) in [6.45, 7) is 4.19. The summed E-state index contributed by atoms with van der Waals surface area (Å²) in [7, 11) is 0. The fraction of sp³-hybridized carbons (Fsp3) is 0.160. The molecule has 1 aromatic heterocycles. The summed E-state index contributed by atoms with van der Waals surface area (Å²) >= 11 is 7.54. The van der Waals surface area contributed by atoms with Gasteiger partial charge in [0.15, 0.2) is 11.0 Å². The third-order valence-corrected chi connectivity index (χ3v) is 6.14. The van der Waals surface area contributed by atoms with Crippen molar-refractivity contribution in [3.05, 3.63) is 94.8 Å². The van der Waals surface area contributed by atoms with Gasteiger partial charge in [0.1, 0.15) is 12.4 Å². The molecule has 33 heavy (non-hydrogen) atoms. The minimum absolute atomic E-state index is 0.161. The standard InChI is InChI=1S/C25H23ClN4O2S/c1-17-12-13-21(20(26)14-17)27-24(31)16-33-25-29-28-23(30(25)19-9-4-3-5-10-19)15-32-22-11-7-6-8-18(22)2/h3-14H,15-16H2,1-2H3,(H,27,31). The van der Waals surface area contributed by atoms with Crippen molar-refractivity contribution in [2.75, 3.05) is 11.1 Å². The second-order valence-electron chi connectivity index (χ2n) is 7.44. The maximum atomic E-state index is 12.6. The van der Waals surface area contributed by atoms with Gasteiger partial charge in [-0.3, -0.25) is 9.36 Å². The fourth-order valence-corrected chi connectivity index (χ4v) is 4.28. The summed E-state index contributed by atoms with van der Waals surface area (Å²) < 4.78 is 7.91. The Labute approximate surface area is 202 Å². The molecule has 6 nitrogen and oxygen atoms in total. The fourth-order valence-electron chi connectivity index (χ4n) is 3.22. The maximum absolute atomic E-state index is 12.6. The normalized spacial score (nSPS) is 10.8. The van der Waals surface area contributed by atoms with Gasteiger partial charge in [-0.1, -0.05) is 65.8 Å². The summed E-state index contributed by atoms with van der Waals surface area (Å²) in [6.07, 6.45) is 0. The van der Waals surface area contributed by atoms with Gasteiger partial charge in [0.05, 0.1) is 16.5 Å². The van der Waals surface area contributed by atoms with E-state index in [2.05, 4.69) is 15.5 Å². The first-order chi connectivity index (χ1) is 16.0. The molecule has 3 aromatic carbocycles. The van der Waals surface area contributed by atoms with Gasteiger partial charge >= 0.3 is 0 Å². The molecule has 0 radical (unpaired) electrons. The first-order valence-electron chi connectivity index (χ1n) is 10.4. The molecule has 168 valence electrons. The molecule has 4 aromatic rings. The number of nitrogens with zero attached hydrogens (tertiary/aromatic N) is 3. The second kappa shape index (κ2) is 10.6. The number of halogens is 1. The number of anilines is 1. The molecule has 0 aliphatic carbocycles. The average molecular weight is 479 g/mol. The number of para-hydroxylation sites is 2. The molecule has 0 bridgehead atoms. The highest BCUT2D eigenvalue weighted by atomic mass is 35.5. The van der Waals surface area contributed by atoms with E-state index in [0.29, 0.717) is 21.7 Å². The van der Waals surface area contributed by atoms with Gasteiger partial charge in [-0.15, -0.1) is 10.2 Å². The number of ether oxygens (including phenoxy) is 1. The number of nitrogens with one attached hydrogen (secondary N) is 1. The van der Waals surface area contributed by atoms with E-state index in [1.807, 2.05) is 85.1 Å². The quantitative estimate of drug-likeness (QED) is 0.322. The van der Waals surface area contributed by atoms with Crippen LogP contribution >= 0.6 is 23.4 Å². The Balaban J connectivity index is 1.50. The van der Waals surface area contributed by atoms with Gasteiger partial charge in [0, 0.05) is 5.69 Å². The molecule has 8 heteroatoms. The van der Waals surface area contributed by atoms with Crippen molar-refractivity contribution in [2.24, 2.45) is 0 Å². The van der Waals surface area contributed by atoms with E-state index in [-0.39, 0.29) is 18.3 Å². The molecule has 1 amide bonds. The minimum atomic E-state index is -0.175. The molecular formula is C25H23ClN4O2S. The topological polar surface area (TPSA) is 69.0 Å². The summed E-state index contributed by atoms with van der Waals surface area (Å²) in [4.78, 5) is 12.6. The van der Waals surface area contributed by atoms with Crippen molar-refractivity contribution in [3.8, 4) is 11.4 Å². The van der Waals surface area contributed by atoms with E-state index in [0.717, 1.165) is 22.6 Å². The van der Waals surface area contributed by atoms with Crippen LogP contribution in [0.3, 0.4) is 0 Å². The van der Waals surface area contributed by atoms with Crippen LogP contribution in [0.5, 0.6) is 5.75 Å². The lowest BCUT2D eigenvalue weighted by atomic mass is 10.2. The third kappa shape index (κ3) is 5.74. The van der Waals surface area contributed by atoms with Crippen molar-refractivity contribution in [1.82, 2.24) is 14.8 Å². The van der Waals surface area contributed by atoms with Gasteiger partial charge < -0.3 is 10.1 Å². The third-order valence-electron chi connectivity index (χ3n) is 4.90. The zero-order chi connectivity index (χ0) is 23.2. The number of aryl methyl sites for hydroxylation is 2. The van der Waals surface area contributed by atoms with Crippen molar-refractivity contribution in [1.29, 1.82) is 0 Å². The number of thioether (sulfide) groups is 1. The van der Waals surface area contributed by atoms with Crippen LogP contribution in [0.25, 0.3) is 5.69 Å². The number of amides is 1. The van der Waals surface area contributed by atoms with Crippen LogP contribution in [0.4, 0.5) is 5.69 Å². The number of rotatable bonds is 8. The molecular weight excluding hydrogens is 456 g/mol. The number of aromatic nitrogens is 3. The van der Waals surface area contributed by atoms with Crippen molar-refractivity contribution in [3.63, 3.8) is 0 Å². The minimum Gasteiger partial charge on any atom is -0.485 e. The van der Waals surface area contributed by atoms with Crippen molar-refractivity contribution < 1.29 is 9.53 Å². The Bertz CT molecular complexity index is 1260. The Morgan fingerprint density at radius 3 is 2.55 bits per heavy atom. The lowest BCUT2D eigenvalue weighted by molar-refractivity contribution is -0.113. The predicted molar refractivity (Wildman–Crippen MR) is 132 cm³/mol. The summed E-state index contributed by atoms with van der Waals surface area (Å²) in [5.41, 5.74) is 3.56. The highest BCUT2D eigenvalue weighted by Crippen LogP contribution is 2.26. The molecule has 0 atom stereocenters. The van der Waals surface area contributed by atoms with Crippen LogP contribution in [0.15, 0.2) is 78.0 Å². The highest BCUT2D eigenvalue weighted by Gasteiger charge is 2.17.